The Morgan fingerprint density at radius 1 is 1.31 bits per heavy atom. The lowest BCUT2D eigenvalue weighted by Crippen LogP contribution is -2.16. The minimum atomic E-state index is -0.579. The summed E-state index contributed by atoms with van der Waals surface area (Å²) in [5.74, 6) is 0.141. The van der Waals surface area contributed by atoms with Crippen molar-refractivity contribution in [3.8, 4) is 17.6 Å². The Balaban J connectivity index is 1.79. The van der Waals surface area contributed by atoms with Crippen LogP contribution < -0.4 is 15.8 Å². The Kier molecular flexibility index (Phi) is 5.40. The molecule has 1 saturated carbocycles. The Hall–Kier alpha value is -3.03. The largest absolute Gasteiger partial charge is 0.493 e. The van der Waals surface area contributed by atoms with Gasteiger partial charge < -0.3 is 26.0 Å². The predicted molar refractivity (Wildman–Crippen MR) is 95.1 cm³/mol. The van der Waals surface area contributed by atoms with Gasteiger partial charge in [-0.3, -0.25) is 4.79 Å². The van der Waals surface area contributed by atoms with E-state index in [9.17, 15) is 15.0 Å². The third-order valence-electron chi connectivity index (χ3n) is 4.53. The van der Waals surface area contributed by atoms with Gasteiger partial charge in [0.25, 0.3) is 5.91 Å². The number of anilines is 1. The zero-order valence-electron chi connectivity index (χ0n) is 14.3. The van der Waals surface area contributed by atoms with Gasteiger partial charge in [0.2, 0.25) is 5.88 Å². The number of hydrogen-bond donors (Lipinski definition) is 4. The lowest BCUT2D eigenvalue weighted by atomic mass is 10.1. The molecule has 2 aromatic rings. The van der Waals surface area contributed by atoms with Crippen molar-refractivity contribution in [1.29, 1.82) is 0 Å². The van der Waals surface area contributed by atoms with Crippen LogP contribution >= 0.6 is 0 Å². The van der Waals surface area contributed by atoms with E-state index in [0.717, 1.165) is 12.8 Å². The molecule has 1 aromatic heterocycles. The van der Waals surface area contributed by atoms with E-state index < -0.39 is 11.9 Å². The van der Waals surface area contributed by atoms with E-state index in [-0.39, 0.29) is 12.4 Å². The zero-order valence-corrected chi connectivity index (χ0v) is 14.3. The van der Waals surface area contributed by atoms with Gasteiger partial charge in [-0.1, -0.05) is 18.9 Å². The summed E-state index contributed by atoms with van der Waals surface area (Å²) in [7, 11) is 0. The molecule has 26 heavy (non-hydrogen) atoms. The number of hydrogen-bond acceptors (Lipinski definition) is 7. The van der Waals surface area contributed by atoms with Crippen LogP contribution in [0.3, 0.4) is 0 Å². The van der Waals surface area contributed by atoms with Crippen molar-refractivity contribution >= 4 is 11.6 Å². The van der Waals surface area contributed by atoms with E-state index in [0.29, 0.717) is 35.1 Å². The number of carbonyl (C=O) groups is 1. The summed E-state index contributed by atoms with van der Waals surface area (Å²) in [4.78, 5) is 18.9. The third kappa shape index (κ3) is 4.14. The molecule has 0 spiro atoms. The standard InChI is InChI=1S/C18H22N4O4/c19-16(23)13-6-3-7-14(26-10-11-4-1-2-5-11)15(13)20-8-12-9-21-18(25)22-17(12)24/h3,6-7,9,11,20H,1-2,4-5,8,10H2,(H2,19,23)(H2,21,22,24,25). The van der Waals surface area contributed by atoms with Crippen molar-refractivity contribution in [2.75, 3.05) is 11.9 Å². The van der Waals surface area contributed by atoms with Crippen molar-refractivity contribution in [3.05, 3.63) is 35.5 Å². The number of aromatic nitrogens is 2. The number of carbonyl (C=O) groups excluding carboxylic acids is 1. The number of amides is 1. The van der Waals surface area contributed by atoms with Crippen molar-refractivity contribution in [2.45, 2.75) is 32.2 Å². The van der Waals surface area contributed by atoms with E-state index in [1.165, 1.54) is 19.0 Å². The van der Waals surface area contributed by atoms with E-state index in [1.807, 2.05) is 0 Å². The second-order valence-corrected chi connectivity index (χ2v) is 6.38. The van der Waals surface area contributed by atoms with Crippen LogP contribution in [0.5, 0.6) is 17.6 Å². The van der Waals surface area contributed by atoms with Crippen molar-refractivity contribution in [2.24, 2.45) is 11.7 Å². The summed E-state index contributed by atoms with van der Waals surface area (Å²) in [6.45, 7) is 0.723. The molecule has 8 nitrogen and oxygen atoms in total. The average Bonchev–Trinajstić information content (AvgIpc) is 3.13. The molecular formula is C18H22N4O4. The summed E-state index contributed by atoms with van der Waals surface area (Å²) in [5.41, 5.74) is 6.61. The minimum absolute atomic E-state index is 0.135. The topological polar surface area (TPSA) is 131 Å². The molecule has 0 saturated heterocycles. The molecule has 3 rings (SSSR count). The van der Waals surface area contributed by atoms with Crippen LogP contribution in [0.1, 0.15) is 41.6 Å². The van der Waals surface area contributed by atoms with Crippen LogP contribution in [-0.4, -0.2) is 32.7 Å². The Morgan fingerprint density at radius 3 is 2.77 bits per heavy atom. The molecule has 0 bridgehead atoms. The van der Waals surface area contributed by atoms with E-state index in [1.54, 1.807) is 18.2 Å². The molecule has 1 amide bonds. The van der Waals surface area contributed by atoms with Crippen molar-refractivity contribution in [1.82, 2.24) is 9.97 Å². The van der Waals surface area contributed by atoms with E-state index in [2.05, 4.69) is 15.3 Å². The Labute approximate surface area is 151 Å². The number of aromatic hydroxyl groups is 2. The zero-order chi connectivity index (χ0) is 18.5. The van der Waals surface area contributed by atoms with Crippen LogP contribution in [0.4, 0.5) is 5.69 Å². The summed E-state index contributed by atoms with van der Waals surface area (Å²) >= 11 is 0. The van der Waals surface area contributed by atoms with Crippen LogP contribution in [0.2, 0.25) is 0 Å². The number of ether oxygens (including phenoxy) is 1. The first kappa shape index (κ1) is 17.8. The maximum absolute atomic E-state index is 11.8. The molecular weight excluding hydrogens is 336 g/mol. The molecule has 1 aliphatic rings. The molecule has 0 aliphatic heterocycles. The number of rotatable bonds is 7. The maximum Gasteiger partial charge on any atom is 0.317 e. The first-order valence-corrected chi connectivity index (χ1v) is 8.58. The van der Waals surface area contributed by atoms with Gasteiger partial charge in [-0.05, 0) is 30.9 Å². The third-order valence-corrected chi connectivity index (χ3v) is 4.53. The highest BCUT2D eigenvalue weighted by molar-refractivity contribution is 5.99. The summed E-state index contributed by atoms with van der Waals surface area (Å²) in [6, 6.07) is 4.59. The number of nitrogens with one attached hydrogen (secondary N) is 1. The fourth-order valence-corrected chi connectivity index (χ4v) is 3.12. The number of para-hydroxylation sites is 1. The molecule has 1 aliphatic carbocycles. The van der Waals surface area contributed by atoms with Crippen LogP contribution in [-0.2, 0) is 6.54 Å². The monoisotopic (exact) mass is 358 g/mol. The Bertz CT molecular complexity index is 791. The number of benzene rings is 1. The van der Waals surface area contributed by atoms with Gasteiger partial charge in [0.1, 0.15) is 5.75 Å². The van der Waals surface area contributed by atoms with Crippen molar-refractivity contribution < 1.29 is 19.7 Å². The summed E-state index contributed by atoms with van der Waals surface area (Å²) in [6.07, 6.45) is 6.05. The molecule has 1 aromatic carbocycles. The lowest BCUT2D eigenvalue weighted by Gasteiger charge is -2.18. The van der Waals surface area contributed by atoms with Crippen molar-refractivity contribution in [3.63, 3.8) is 0 Å². The Morgan fingerprint density at radius 2 is 2.08 bits per heavy atom. The quantitative estimate of drug-likeness (QED) is 0.596. The molecule has 1 fully saturated rings. The number of nitrogens with two attached hydrogens (primary N) is 1. The maximum atomic E-state index is 11.8. The van der Waals surface area contributed by atoms with E-state index >= 15 is 0 Å². The second kappa shape index (κ2) is 7.90. The fraction of sp³-hybridized carbons (Fsp3) is 0.389. The average molecular weight is 358 g/mol. The van der Waals surface area contributed by atoms with Gasteiger partial charge in [0.15, 0.2) is 0 Å². The molecule has 1 heterocycles. The fourth-order valence-electron chi connectivity index (χ4n) is 3.12. The van der Waals surface area contributed by atoms with Gasteiger partial charge in [-0.15, -0.1) is 0 Å². The van der Waals surface area contributed by atoms with Gasteiger partial charge in [-0.25, -0.2) is 4.98 Å². The first-order valence-electron chi connectivity index (χ1n) is 8.58. The predicted octanol–water partition coefficient (Wildman–Crippen LogP) is 2.17. The second-order valence-electron chi connectivity index (χ2n) is 6.38. The van der Waals surface area contributed by atoms with Gasteiger partial charge >= 0.3 is 6.01 Å². The van der Waals surface area contributed by atoms with Crippen LogP contribution in [0, 0.1) is 5.92 Å². The molecule has 5 N–H and O–H groups in total. The number of primary amides is 1. The number of nitrogens with zero attached hydrogens (tertiary/aromatic N) is 2. The van der Waals surface area contributed by atoms with Crippen LogP contribution in [0.15, 0.2) is 24.4 Å². The molecule has 8 heteroatoms. The SMILES string of the molecule is NC(=O)c1cccc(OCC2CCCC2)c1NCc1cnc(O)nc1O. The normalized spacial score (nSPS) is 14.3. The minimum Gasteiger partial charge on any atom is -0.493 e. The van der Waals surface area contributed by atoms with Crippen LogP contribution in [0.25, 0.3) is 0 Å². The smallest absolute Gasteiger partial charge is 0.317 e. The van der Waals surface area contributed by atoms with Gasteiger partial charge in [0.05, 0.1) is 23.4 Å². The highest BCUT2D eigenvalue weighted by Gasteiger charge is 2.19. The highest BCUT2D eigenvalue weighted by Crippen LogP contribution is 2.32. The highest BCUT2D eigenvalue weighted by atomic mass is 16.5. The molecule has 0 unspecified atom stereocenters. The van der Waals surface area contributed by atoms with Gasteiger partial charge in [-0.2, -0.15) is 4.98 Å². The molecule has 138 valence electrons. The van der Waals surface area contributed by atoms with Gasteiger partial charge in [0, 0.05) is 12.7 Å². The lowest BCUT2D eigenvalue weighted by molar-refractivity contribution is 0.100. The summed E-state index contributed by atoms with van der Waals surface area (Å²) < 4.78 is 5.95. The first-order chi connectivity index (χ1) is 12.5. The molecule has 0 atom stereocenters. The molecule has 0 radical (unpaired) electrons. The summed E-state index contributed by atoms with van der Waals surface area (Å²) in [5, 5.41) is 22.0. The van der Waals surface area contributed by atoms with E-state index in [4.69, 9.17) is 10.5 Å².